The number of hydrogen-bond acceptors (Lipinski definition) is 1. The lowest BCUT2D eigenvalue weighted by atomic mass is 10.2. The Kier molecular flexibility index (Phi) is 5.00. The van der Waals surface area contributed by atoms with Crippen LogP contribution in [0.5, 0.6) is 0 Å². The Labute approximate surface area is 102 Å². The maximum atomic E-state index is 13.1. The molecule has 1 aromatic rings. The quantitative estimate of drug-likeness (QED) is 0.671. The number of carbonyl (C=O) groups is 1. The molecule has 0 heterocycles. The van der Waals surface area contributed by atoms with Crippen LogP contribution in [0.15, 0.2) is 22.7 Å². The minimum absolute atomic E-state index is 0.288. The third-order valence-corrected chi connectivity index (χ3v) is 2.54. The van der Waals surface area contributed by atoms with E-state index in [-0.39, 0.29) is 5.91 Å². The molecule has 0 atom stereocenters. The molecule has 1 N–H and O–H groups in total. The topological polar surface area (TPSA) is 29.1 Å². The number of benzene rings is 1. The van der Waals surface area contributed by atoms with Crippen LogP contribution < -0.4 is 5.32 Å². The first-order valence-electron chi connectivity index (χ1n) is 4.78. The van der Waals surface area contributed by atoms with E-state index in [0.29, 0.717) is 23.0 Å². The lowest BCUT2D eigenvalue weighted by Crippen LogP contribution is -2.24. The molecule has 0 aliphatic heterocycles. The highest BCUT2D eigenvalue weighted by Crippen LogP contribution is 2.16. The van der Waals surface area contributed by atoms with E-state index in [2.05, 4.69) is 33.1 Å². The molecule has 1 rings (SSSR count). The molecule has 0 fully saturated rings. The third-order valence-electron chi connectivity index (χ3n) is 1.89. The van der Waals surface area contributed by atoms with Gasteiger partial charge in [-0.05, 0) is 41.1 Å². The van der Waals surface area contributed by atoms with Crippen LogP contribution >= 0.6 is 15.9 Å². The first-order valence-corrected chi connectivity index (χ1v) is 5.57. The fourth-order valence-corrected chi connectivity index (χ4v) is 1.35. The number of hydrogen-bond donors (Lipinski definition) is 1. The Hall–Kier alpha value is -1.34. The molecular formula is C12H11BrFNO. The first-order chi connectivity index (χ1) is 7.65. The van der Waals surface area contributed by atoms with Crippen molar-refractivity contribution in [1.29, 1.82) is 0 Å². The van der Waals surface area contributed by atoms with Gasteiger partial charge in [0.05, 0.1) is 4.47 Å². The molecule has 16 heavy (non-hydrogen) atoms. The second-order valence-corrected chi connectivity index (χ2v) is 3.92. The van der Waals surface area contributed by atoms with E-state index < -0.39 is 5.82 Å². The van der Waals surface area contributed by atoms with Crippen molar-refractivity contribution in [2.45, 2.75) is 13.3 Å². The molecule has 0 unspecified atom stereocenters. The average Bonchev–Trinajstić information content (AvgIpc) is 2.28. The van der Waals surface area contributed by atoms with E-state index in [1.165, 1.54) is 12.1 Å². The number of amides is 1. The van der Waals surface area contributed by atoms with E-state index in [9.17, 15) is 9.18 Å². The van der Waals surface area contributed by atoms with Gasteiger partial charge >= 0.3 is 0 Å². The molecule has 0 spiro atoms. The largest absolute Gasteiger partial charge is 0.351 e. The Morgan fingerprint density at radius 2 is 2.31 bits per heavy atom. The summed E-state index contributed by atoms with van der Waals surface area (Å²) in [6.45, 7) is 2.21. The Morgan fingerprint density at radius 1 is 1.56 bits per heavy atom. The van der Waals surface area contributed by atoms with Crippen molar-refractivity contribution in [3.05, 3.63) is 34.1 Å². The summed E-state index contributed by atoms with van der Waals surface area (Å²) >= 11 is 3.03. The standard InChI is InChI=1S/C12H11BrFNO/c1-2-3-4-7-15-12(16)9-5-6-10(13)11(14)8-9/h5-6,8H,4,7H2,1H3,(H,15,16). The normalized spacial score (nSPS) is 9.19. The zero-order valence-corrected chi connectivity index (χ0v) is 10.4. The fraction of sp³-hybridized carbons (Fsp3) is 0.250. The number of nitrogens with one attached hydrogen (secondary N) is 1. The van der Waals surface area contributed by atoms with Crippen LogP contribution in [0.4, 0.5) is 4.39 Å². The molecular weight excluding hydrogens is 273 g/mol. The van der Waals surface area contributed by atoms with Crippen molar-refractivity contribution in [3.63, 3.8) is 0 Å². The molecule has 1 aromatic carbocycles. The summed E-state index contributed by atoms with van der Waals surface area (Å²) in [5, 5.41) is 2.66. The van der Waals surface area contributed by atoms with Crippen molar-refractivity contribution in [3.8, 4) is 11.8 Å². The summed E-state index contributed by atoms with van der Waals surface area (Å²) in [6, 6.07) is 4.27. The van der Waals surface area contributed by atoms with Gasteiger partial charge in [0.15, 0.2) is 0 Å². The minimum Gasteiger partial charge on any atom is -0.351 e. The predicted molar refractivity (Wildman–Crippen MR) is 64.5 cm³/mol. The molecule has 1 amide bonds. The monoisotopic (exact) mass is 283 g/mol. The van der Waals surface area contributed by atoms with Gasteiger partial charge in [-0.3, -0.25) is 4.79 Å². The van der Waals surface area contributed by atoms with E-state index in [4.69, 9.17) is 0 Å². The number of halogens is 2. The van der Waals surface area contributed by atoms with E-state index in [0.717, 1.165) is 0 Å². The van der Waals surface area contributed by atoms with Gasteiger partial charge in [-0.2, -0.15) is 0 Å². The van der Waals surface area contributed by atoms with Gasteiger partial charge in [0.1, 0.15) is 5.82 Å². The summed E-state index contributed by atoms with van der Waals surface area (Å²) < 4.78 is 13.5. The van der Waals surface area contributed by atoms with E-state index >= 15 is 0 Å². The lowest BCUT2D eigenvalue weighted by molar-refractivity contribution is 0.0954. The Bertz CT molecular complexity index is 448. The third kappa shape index (κ3) is 3.67. The van der Waals surface area contributed by atoms with Gasteiger partial charge in [-0.25, -0.2) is 4.39 Å². The summed E-state index contributed by atoms with van der Waals surface area (Å²) in [5.74, 6) is 4.83. The van der Waals surface area contributed by atoms with Crippen LogP contribution in [0, 0.1) is 17.7 Å². The average molecular weight is 284 g/mol. The molecule has 0 saturated heterocycles. The molecule has 0 aliphatic carbocycles. The van der Waals surface area contributed by atoms with Crippen molar-refractivity contribution in [1.82, 2.24) is 5.32 Å². The molecule has 0 saturated carbocycles. The van der Waals surface area contributed by atoms with Crippen molar-refractivity contribution in [2.24, 2.45) is 0 Å². The van der Waals surface area contributed by atoms with Gasteiger partial charge in [0.25, 0.3) is 5.91 Å². The van der Waals surface area contributed by atoms with Crippen molar-refractivity contribution in [2.75, 3.05) is 6.54 Å². The maximum absolute atomic E-state index is 13.1. The Morgan fingerprint density at radius 3 is 2.94 bits per heavy atom. The number of rotatable bonds is 3. The van der Waals surface area contributed by atoms with Gasteiger partial charge in [-0.1, -0.05) is 0 Å². The molecule has 0 aromatic heterocycles. The second-order valence-electron chi connectivity index (χ2n) is 3.06. The van der Waals surface area contributed by atoms with Crippen molar-refractivity contribution >= 4 is 21.8 Å². The molecule has 0 aliphatic rings. The molecule has 0 bridgehead atoms. The maximum Gasteiger partial charge on any atom is 0.251 e. The molecule has 2 nitrogen and oxygen atoms in total. The van der Waals surface area contributed by atoms with Crippen LogP contribution in [0.3, 0.4) is 0 Å². The van der Waals surface area contributed by atoms with Crippen molar-refractivity contribution < 1.29 is 9.18 Å². The highest BCUT2D eigenvalue weighted by molar-refractivity contribution is 9.10. The smallest absolute Gasteiger partial charge is 0.251 e. The van der Waals surface area contributed by atoms with Crippen LogP contribution in [0.1, 0.15) is 23.7 Å². The van der Waals surface area contributed by atoms with E-state index in [1.807, 2.05) is 0 Å². The van der Waals surface area contributed by atoms with Gasteiger partial charge in [0, 0.05) is 18.5 Å². The van der Waals surface area contributed by atoms with E-state index in [1.54, 1.807) is 13.0 Å². The fourth-order valence-electron chi connectivity index (χ4n) is 1.10. The zero-order valence-electron chi connectivity index (χ0n) is 8.81. The van der Waals surface area contributed by atoms with Crippen LogP contribution in [0.25, 0.3) is 0 Å². The molecule has 84 valence electrons. The van der Waals surface area contributed by atoms with Crippen LogP contribution in [-0.4, -0.2) is 12.5 Å². The minimum atomic E-state index is -0.444. The summed E-state index contributed by atoms with van der Waals surface area (Å²) in [4.78, 5) is 11.5. The van der Waals surface area contributed by atoms with Gasteiger partial charge in [0.2, 0.25) is 0 Å². The van der Waals surface area contributed by atoms with Crippen LogP contribution in [-0.2, 0) is 0 Å². The van der Waals surface area contributed by atoms with Crippen LogP contribution in [0.2, 0.25) is 0 Å². The predicted octanol–water partition coefficient (Wildman–Crippen LogP) is 2.73. The highest BCUT2D eigenvalue weighted by Gasteiger charge is 2.07. The van der Waals surface area contributed by atoms with Gasteiger partial charge < -0.3 is 5.32 Å². The highest BCUT2D eigenvalue weighted by atomic mass is 79.9. The SMILES string of the molecule is CC#CCCNC(=O)c1ccc(Br)c(F)c1. The molecule has 4 heteroatoms. The lowest BCUT2D eigenvalue weighted by Gasteiger charge is -2.03. The molecule has 0 radical (unpaired) electrons. The summed E-state index contributed by atoms with van der Waals surface area (Å²) in [5.41, 5.74) is 0.310. The zero-order chi connectivity index (χ0) is 12.0. The second kappa shape index (κ2) is 6.29. The summed E-state index contributed by atoms with van der Waals surface area (Å²) in [7, 11) is 0. The first kappa shape index (κ1) is 12.7. The summed E-state index contributed by atoms with van der Waals surface area (Å²) in [6.07, 6.45) is 0.598. The Balaban J connectivity index is 2.58. The van der Waals surface area contributed by atoms with Gasteiger partial charge in [-0.15, -0.1) is 11.8 Å². The number of carbonyl (C=O) groups excluding carboxylic acids is 1.